The van der Waals surface area contributed by atoms with Crippen LogP contribution in [0.5, 0.6) is 11.5 Å². The number of ether oxygens (including phenoxy) is 2. The Morgan fingerprint density at radius 3 is 2.52 bits per heavy atom. The number of rotatable bonds is 8. The largest absolute Gasteiger partial charge is 0.497 e. The second kappa shape index (κ2) is 8.74. The molecular formula is C19H19N3O6S. The highest BCUT2D eigenvalue weighted by atomic mass is 32.2. The first kappa shape index (κ1) is 20.3. The Balaban J connectivity index is 1.53. The van der Waals surface area contributed by atoms with E-state index in [0.717, 1.165) is 11.8 Å². The van der Waals surface area contributed by atoms with Crippen molar-refractivity contribution in [1.29, 1.82) is 0 Å². The molecular weight excluding hydrogens is 398 g/mol. The number of hydrogen-bond acceptors (Lipinski definition) is 8. The monoisotopic (exact) mass is 417 g/mol. The van der Waals surface area contributed by atoms with Crippen molar-refractivity contribution in [2.24, 2.45) is 0 Å². The van der Waals surface area contributed by atoms with Crippen LogP contribution in [0.3, 0.4) is 0 Å². The zero-order valence-corrected chi connectivity index (χ0v) is 16.6. The molecule has 3 rings (SSSR count). The van der Waals surface area contributed by atoms with Crippen molar-refractivity contribution in [3.8, 4) is 11.5 Å². The van der Waals surface area contributed by atoms with E-state index < -0.39 is 15.7 Å². The van der Waals surface area contributed by atoms with Gasteiger partial charge < -0.3 is 13.9 Å². The molecule has 10 heteroatoms. The predicted octanol–water partition coefficient (Wildman–Crippen LogP) is 2.09. The molecule has 1 aromatic heterocycles. The van der Waals surface area contributed by atoms with Crippen LogP contribution in [0.25, 0.3) is 0 Å². The molecule has 0 saturated heterocycles. The van der Waals surface area contributed by atoms with Crippen molar-refractivity contribution in [3.05, 3.63) is 60.0 Å². The van der Waals surface area contributed by atoms with Crippen LogP contribution in [0.15, 0.2) is 57.8 Å². The standard InChI is InChI=1S/C19H19N3O6S/c1-26-14-4-3-5-15(11-14)27-12-17(23)20-19-22-21-18(28-19)10-13-6-8-16(9-7-13)29(2,24)25/h3-9,11H,10,12H2,1-2H3,(H,20,22,23). The summed E-state index contributed by atoms with van der Waals surface area (Å²) in [5, 5.41) is 10.1. The lowest BCUT2D eigenvalue weighted by atomic mass is 10.1. The maximum absolute atomic E-state index is 12.0. The Hall–Kier alpha value is -3.40. The second-order valence-corrected chi connectivity index (χ2v) is 8.13. The number of aromatic nitrogens is 2. The summed E-state index contributed by atoms with van der Waals surface area (Å²) < 4.78 is 38.9. The van der Waals surface area contributed by atoms with E-state index in [-0.39, 0.29) is 23.4 Å². The van der Waals surface area contributed by atoms with Gasteiger partial charge in [-0.3, -0.25) is 10.1 Å². The number of nitrogens with one attached hydrogen (secondary N) is 1. The van der Waals surface area contributed by atoms with E-state index in [4.69, 9.17) is 13.9 Å². The number of anilines is 1. The minimum Gasteiger partial charge on any atom is -0.497 e. The SMILES string of the molecule is COc1cccc(OCC(=O)Nc2nnc(Cc3ccc(S(C)(=O)=O)cc3)o2)c1. The molecule has 0 aliphatic rings. The fourth-order valence-corrected chi connectivity index (χ4v) is 3.03. The van der Waals surface area contributed by atoms with Gasteiger partial charge in [-0.2, -0.15) is 0 Å². The van der Waals surface area contributed by atoms with Gasteiger partial charge in [0.15, 0.2) is 16.4 Å². The Morgan fingerprint density at radius 1 is 1.10 bits per heavy atom. The van der Waals surface area contributed by atoms with Gasteiger partial charge in [-0.15, -0.1) is 5.10 Å². The minimum absolute atomic E-state index is 0.0491. The van der Waals surface area contributed by atoms with Crippen molar-refractivity contribution in [3.63, 3.8) is 0 Å². The van der Waals surface area contributed by atoms with Gasteiger partial charge in [0.05, 0.1) is 18.4 Å². The Morgan fingerprint density at radius 2 is 1.83 bits per heavy atom. The van der Waals surface area contributed by atoms with Crippen LogP contribution in [0.4, 0.5) is 6.01 Å². The Kier molecular flexibility index (Phi) is 6.13. The zero-order valence-electron chi connectivity index (χ0n) is 15.8. The first-order chi connectivity index (χ1) is 13.8. The molecule has 0 unspecified atom stereocenters. The number of amides is 1. The summed E-state index contributed by atoms with van der Waals surface area (Å²) in [6.45, 7) is -0.238. The summed E-state index contributed by atoms with van der Waals surface area (Å²) in [5.41, 5.74) is 0.792. The Bertz CT molecular complexity index is 1090. The number of carbonyl (C=O) groups is 1. The van der Waals surface area contributed by atoms with Gasteiger partial charge >= 0.3 is 6.01 Å². The van der Waals surface area contributed by atoms with E-state index in [0.29, 0.717) is 17.9 Å². The van der Waals surface area contributed by atoms with E-state index in [9.17, 15) is 13.2 Å². The topological polar surface area (TPSA) is 121 Å². The quantitative estimate of drug-likeness (QED) is 0.591. The van der Waals surface area contributed by atoms with Crippen LogP contribution in [0.1, 0.15) is 11.5 Å². The summed E-state index contributed by atoms with van der Waals surface area (Å²) in [6.07, 6.45) is 1.44. The molecule has 0 fully saturated rings. The predicted molar refractivity (Wildman–Crippen MR) is 104 cm³/mol. The van der Waals surface area contributed by atoms with Gasteiger partial charge in [0.25, 0.3) is 5.91 Å². The van der Waals surface area contributed by atoms with Gasteiger partial charge in [0.2, 0.25) is 5.89 Å². The van der Waals surface area contributed by atoms with Crippen LogP contribution in [-0.4, -0.2) is 44.5 Å². The van der Waals surface area contributed by atoms with Crippen LogP contribution < -0.4 is 14.8 Å². The summed E-state index contributed by atoms with van der Waals surface area (Å²) in [7, 11) is -1.71. The first-order valence-electron chi connectivity index (χ1n) is 8.51. The lowest BCUT2D eigenvalue weighted by molar-refractivity contribution is -0.118. The molecule has 0 radical (unpaired) electrons. The number of carbonyl (C=O) groups excluding carboxylic acids is 1. The molecule has 1 heterocycles. The third-order valence-electron chi connectivity index (χ3n) is 3.83. The molecule has 3 aromatic rings. The van der Waals surface area contributed by atoms with Gasteiger partial charge in [-0.1, -0.05) is 23.3 Å². The normalized spacial score (nSPS) is 11.1. The molecule has 0 atom stereocenters. The zero-order chi connectivity index (χ0) is 20.9. The summed E-state index contributed by atoms with van der Waals surface area (Å²) in [5.74, 6) is 0.930. The van der Waals surface area contributed by atoms with Crippen LogP contribution >= 0.6 is 0 Å². The molecule has 29 heavy (non-hydrogen) atoms. The van der Waals surface area contributed by atoms with Crippen molar-refractivity contribution < 1.29 is 27.1 Å². The number of nitrogens with zero attached hydrogens (tertiary/aromatic N) is 2. The Labute approximate surface area is 167 Å². The van der Waals surface area contributed by atoms with Crippen molar-refractivity contribution in [1.82, 2.24) is 10.2 Å². The van der Waals surface area contributed by atoms with Crippen LogP contribution in [-0.2, 0) is 21.1 Å². The summed E-state index contributed by atoms with van der Waals surface area (Å²) in [4.78, 5) is 12.2. The molecule has 0 spiro atoms. The minimum atomic E-state index is -3.25. The molecule has 9 nitrogen and oxygen atoms in total. The molecule has 0 saturated carbocycles. The fraction of sp³-hybridized carbons (Fsp3) is 0.211. The molecule has 1 N–H and O–H groups in total. The fourth-order valence-electron chi connectivity index (χ4n) is 2.40. The molecule has 0 bridgehead atoms. The van der Waals surface area contributed by atoms with E-state index >= 15 is 0 Å². The first-order valence-corrected chi connectivity index (χ1v) is 10.4. The highest BCUT2D eigenvalue weighted by Gasteiger charge is 2.12. The number of hydrogen-bond donors (Lipinski definition) is 1. The lowest BCUT2D eigenvalue weighted by Crippen LogP contribution is -2.20. The molecule has 152 valence electrons. The number of benzene rings is 2. The third-order valence-corrected chi connectivity index (χ3v) is 4.96. The third kappa shape index (κ3) is 5.79. The maximum Gasteiger partial charge on any atom is 0.322 e. The second-order valence-electron chi connectivity index (χ2n) is 6.11. The van der Waals surface area contributed by atoms with Gasteiger partial charge in [-0.05, 0) is 29.8 Å². The van der Waals surface area contributed by atoms with Crippen molar-refractivity contribution >= 4 is 21.8 Å². The van der Waals surface area contributed by atoms with Gasteiger partial charge in [0, 0.05) is 12.3 Å². The maximum atomic E-state index is 12.0. The van der Waals surface area contributed by atoms with E-state index in [1.807, 2.05) is 0 Å². The van der Waals surface area contributed by atoms with E-state index in [1.54, 1.807) is 43.5 Å². The molecule has 0 aliphatic carbocycles. The van der Waals surface area contributed by atoms with E-state index in [2.05, 4.69) is 15.5 Å². The highest BCUT2D eigenvalue weighted by Crippen LogP contribution is 2.19. The molecule has 2 aromatic carbocycles. The smallest absolute Gasteiger partial charge is 0.322 e. The summed E-state index contributed by atoms with van der Waals surface area (Å²) in [6, 6.07) is 13.2. The van der Waals surface area contributed by atoms with Crippen LogP contribution in [0, 0.1) is 0 Å². The average molecular weight is 417 g/mol. The van der Waals surface area contributed by atoms with Crippen LogP contribution in [0.2, 0.25) is 0 Å². The van der Waals surface area contributed by atoms with Crippen molar-refractivity contribution in [2.75, 3.05) is 25.3 Å². The summed E-state index contributed by atoms with van der Waals surface area (Å²) >= 11 is 0. The highest BCUT2D eigenvalue weighted by molar-refractivity contribution is 7.90. The molecule has 0 aliphatic heterocycles. The number of methoxy groups -OCH3 is 1. The van der Waals surface area contributed by atoms with Gasteiger partial charge in [-0.25, -0.2) is 8.42 Å². The average Bonchev–Trinajstić information content (AvgIpc) is 3.13. The lowest BCUT2D eigenvalue weighted by Gasteiger charge is -2.06. The van der Waals surface area contributed by atoms with E-state index in [1.165, 1.54) is 12.1 Å². The van der Waals surface area contributed by atoms with Crippen molar-refractivity contribution in [2.45, 2.75) is 11.3 Å². The molecule has 1 amide bonds. The van der Waals surface area contributed by atoms with Gasteiger partial charge in [0.1, 0.15) is 11.5 Å². The number of sulfone groups is 1.